The molecule has 0 aliphatic carbocycles. The maximum absolute atomic E-state index is 12.8. The largest absolute Gasteiger partial charge is 0.332 e. The first-order chi connectivity index (χ1) is 9.56. The number of carbonyl (C=O) groups excluding carboxylic acids is 1. The number of likely N-dealkylation sites (N-methyl/N-ethyl adjacent to an activating group) is 1. The fourth-order valence-electron chi connectivity index (χ4n) is 3.59. The molecule has 0 aromatic heterocycles. The number of hydrogen-bond acceptors (Lipinski definition) is 2. The van der Waals surface area contributed by atoms with Crippen molar-refractivity contribution in [2.24, 2.45) is 0 Å². The van der Waals surface area contributed by atoms with E-state index < -0.39 is 0 Å². The Bertz CT molecular complexity index is 452. The Hall–Kier alpha value is -1.35. The molecule has 0 saturated carbocycles. The van der Waals surface area contributed by atoms with Crippen molar-refractivity contribution in [3.63, 3.8) is 0 Å². The lowest BCUT2D eigenvalue weighted by atomic mass is 9.84. The van der Waals surface area contributed by atoms with Gasteiger partial charge in [-0.15, -0.1) is 0 Å². The molecule has 2 aliphatic rings. The van der Waals surface area contributed by atoms with Crippen molar-refractivity contribution < 1.29 is 4.79 Å². The summed E-state index contributed by atoms with van der Waals surface area (Å²) in [6, 6.07) is 0.468. The average Bonchev–Trinajstić information content (AvgIpc) is 2.47. The lowest BCUT2D eigenvalue weighted by molar-refractivity contribution is -0.148. The lowest BCUT2D eigenvalue weighted by Crippen LogP contribution is -2.66. The van der Waals surface area contributed by atoms with Gasteiger partial charge in [0.25, 0.3) is 0 Å². The van der Waals surface area contributed by atoms with E-state index in [1.54, 1.807) is 0 Å². The van der Waals surface area contributed by atoms with E-state index in [0.717, 1.165) is 25.8 Å². The molecule has 1 saturated heterocycles. The fourth-order valence-corrected chi connectivity index (χ4v) is 3.59. The van der Waals surface area contributed by atoms with Crippen LogP contribution in [-0.2, 0) is 4.79 Å². The van der Waals surface area contributed by atoms with Gasteiger partial charge in [0.05, 0.1) is 12.1 Å². The van der Waals surface area contributed by atoms with Gasteiger partial charge in [-0.1, -0.05) is 38.7 Å². The quantitative estimate of drug-likeness (QED) is 0.787. The van der Waals surface area contributed by atoms with Crippen LogP contribution in [0.5, 0.6) is 0 Å². The fraction of sp³-hybridized carbons (Fsp3) is 0.588. The normalized spacial score (nSPS) is 31.2. The predicted molar refractivity (Wildman–Crippen MR) is 83.5 cm³/mol. The first-order valence-corrected chi connectivity index (χ1v) is 7.57. The summed E-state index contributed by atoms with van der Waals surface area (Å²) in [5.41, 5.74) is 2.41. The number of amides is 1. The second-order valence-corrected chi connectivity index (χ2v) is 5.83. The molecule has 1 fully saturated rings. The minimum Gasteiger partial charge on any atom is -0.332 e. The van der Waals surface area contributed by atoms with Gasteiger partial charge in [-0.05, 0) is 38.0 Å². The van der Waals surface area contributed by atoms with E-state index in [4.69, 9.17) is 0 Å². The van der Waals surface area contributed by atoms with E-state index in [2.05, 4.69) is 43.9 Å². The lowest BCUT2D eigenvalue weighted by Gasteiger charge is -2.51. The van der Waals surface area contributed by atoms with Gasteiger partial charge < -0.3 is 4.90 Å². The molecule has 20 heavy (non-hydrogen) atoms. The van der Waals surface area contributed by atoms with Crippen LogP contribution in [0, 0.1) is 0 Å². The highest BCUT2D eigenvalue weighted by molar-refractivity contribution is 5.84. The molecule has 0 aromatic rings. The zero-order chi connectivity index (χ0) is 14.9. The first kappa shape index (κ1) is 15.0. The SMILES string of the molecule is C=CC1=C(C=C)C2C(C)N(C)C(CCC)C(=O)N2CC1. The van der Waals surface area contributed by atoms with Gasteiger partial charge in [0.15, 0.2) is 0 Å². The van der Waals surface area contributed by atoms with E-state index >= 15 is 0 Å². The highest BCUT2D eigenvalue weighted by Gasteiger charge is 2.45. The smallest absolute Gasteiger partial charge is 0.240 e. The monoisotopic (exact) mass is 274 g/mol. The summed E-state index contributed by atoms with van der Waals surface area (Å²) in [5, 5.41) is 0. The Morgan fingerprint density at radius 1 is 1.35 bits per heavy atom. The van der Waals surface area contributed by atoms with Crippen molar-refractivity contribution in [1.82, 2.24) is 9.80 Å². The third-order valence-electron chi connectivity index (χ3n) is 4.83. The average molecular weight is 274 g/mol. The zero-order valence-electron chi connectivity index (χ0n) is 12.9. The summed E-state index contributed by atoms with van der Waals surface area (Å²) >= 11 is 0. The van der Waals surface area contributed by atoms with Gasteiger partial charge in [0.1, 0.15) is 0 Å². The van der Waals surface area contributed by atoms with Crippen LogP contribution in [-0.4, -0.2) is 47.4 Å². The summed E-state index contributed by atoms with van der Waals surface area (Å²) in [6.07, 6.45) is 6.69. The minimum atomic E-state index is 0.0302. The second kappa shape index (κ2) is 5.96. The van der Waals surface area contributed by atoms with Crippen molar-refractivity contribution in [2.45, 2.75) is 51.2 Å². The topological polar surface area (TPSA) is 23.6 Å². The van der Waals surface area contributed by atoms with Crippen LogP contribution in [0.2, 0.25) is 0 Å². The van der Waals surface area contributed by atoms with Crippen molar-refractivity contribution >= 4 is 5.91 Å². The Balaban J connectivity index is 2.40. The zero-order valence-corrected chi connectivity index (χ0v) is 12.9. The molecule has 2 rings (SSSR count). The summed E-state index contributed by atoms with van der Waals surface area (Å²) in [7, 11) is 2.07. The molecule has 0 spiro atoms. The van der Waals surface area contributed by atoms with Crippen LogP contribution in [0.15, 0.2) is 36.5 Å². The number of rotatable bonds is 4. The number of hydrogen-bond donors (Lipinski definition) is 0. The molecule has 0 aromatic carbocycles. The Labute approximate surface area is 122 Å². The highest BCUT2D eigenvalue weighted by Crippen LogP contribution is 2.34. The molecule has 3 heteroatoms. The summed E-state index contributed by atoms with van der Waals surface area (Å²) in [4.78, 5) is 17.1. The summed E-state index contributed by atoms with van der Waals surface area (Å²) < 4.78 is 0. The molecule has 3 unspecified atom stereocenters. The van der Waals surface area contributed by atoms with Crippen molar-refractivity contribution in [3.8, 4) is 0 Å². The van der Waals surface area contributed by atoms with Crippen molar-refractivity contribution in [3.05, 3.63) is 36.5 Å². The number of fused-ring (bicyclic) bond motifs is 1. The van der Waals surface area contributed by atoms with Crippen LogP contribution in [0.1, 0.15) is 33.1 Å². The van der Waals surface area contributed by atoms with E-state index in [1.165, 1.54) is 11.1 Å². The van der Waals surface area contributed by atoms with Gasteiger partial charge in [0, 0.05) is 12.6 Å². The molecule has 1 amide bonds. The number of piperazine rings is 1. The maximum atomic E-state index is 12.8. The van der Waals surface area contributed by atoms with E-state index in [9.17, 15) is 4.79 Å². The van der Waals surface area contributed by atoms with Gasteiger partial charge in [0.2, 0.25) is 5.91 Å². The van der Waals surface area contributed by atoms with Gasteiger partial charge in [-0.3, -0.25) is 9.69 Å². The standard InChI is InChI=1S/C17H26N2O/c1-6-9-15-17(20)19-11-10-13(7-2)14(8-3)16(19)12(4)18(15)5/h7-8,12,15-16H,2-3,6,9-11H2,1,4-5H3. The number of nitrogens with zero attached hydrogens (tertiary/aromatic N) is 2. The van der Waals surface area contributed by atoms with Crippen LogP contribution in [0.4, 0.5) is 0 Å². The molecule has 3 atom stereocenters. The van der Waals surface area contributed by atoms with Gasteiger partial charge >= 0.3 is 0 Å². The third-order valence-corrected chi connectivity index (χ3v) is 4.83. The summed E-state index contributed by atoms with van der Waals surface area (Å²) in [6.45, 7) is 13.0. The second-order valence-electron chi connectivity index (χ2n) is 5.83. The van der Waals surface area contributed by atoms with E-state index in [1.807, 2.05) is 12.2 Å². The highest BCUT2D eigenvalue weighted by atomic mass is 16.2. The Kier molecular flexibility index (Phi) is 4.48. The molecule has 110 valence electrons. The molecule has 2 heterocycles. The van der Waals surface area contributed by atoms with Gasteiger partial charge in [-0.2, -0.15) is 0 Å². The maximum Gasteiger partial charge on any atom is 0.240 e. The van der Waals surface area contributed by atoms with Crippen LogP contribution < -0.4 is 0 Å². The van der Waals surface area contributed by atoms with E-state index in [0.29, 0.717) is 6.04 Å². The van der Waals surface area contributed by atoms with E-state index in [-0.39, 0.29) is 18.0 Å². The summed E-state index contributed by atoms with van der Waals surface area (Å²) in [5.74, 6) is 0.278. The molecular weight excluding hydrogens is 248 g/mol. The molecular formula is C17H26N2O. The third kappa shape index (κ3) is 2.24. The van der Waals surface area contributed by atoms with Crippen LogP contribution in [0.25, 0.3) is 0 Å². The molecule has 0 bridgehead atoms. The predicted octanol–water partition coefficient (Wildman–Crippen LogP) is 2.76. The number of carbonyl (C=O) groups is 1. The molecule has 0 N–H and O–H groups in total. The van der Waals surface area contributed by atoms with Crippen molar-refractivity contribution in [2.75, 3.05) is 13.6 Å². The minimum absolute atomic E-state index is 0.0302. The van der Waals surface area contributed by atoms with Crippen molar-refractivity contribution in [1.29, 1.82) is 0 Å². The van der Waals surface area contributed by atoms with Crippen LogP contribution in [0.3, 0.4) is 0 Å². The Morgan fingerprint density at radius 2 is 2.05 bits per heavy atom. The van der Waals surface area contributed by atoms with Gasteiger partial charge in [-0.25, -0.2) is 0 Å². The molecule has 2 aliphatic heterocycles. The molecule has 0 radical (unpaired) electrons. The number of allylic oxidation sites excluding steroid dienone is 1. The molecule has 3 nitrogen and oxygen atoms in total. The Morgan fingerprint density at radius 3 is 2.60 bits per heavy atom. The first-order valence-electron chi connectivity index (χ1n) is 7.57. The van der Waals surface area contributed by atoms with Crippen LogP contribution >= 0.6 is 0 Å².